The molecule has 0 saturated carbocycles. The third-order valence-corrected chi connectivity index (χ3v) is 6.29. The van der Waals surface area contributed by atoms with Gasteiger partial charge in [0.15, 0.2) is 0 Å². The summed E-state index contributed by atoms with van der Waals surface area (Å²) in [6, 6.07) is 14.5. The van der Waals surface area contributed by atoms with Crippen molar-refractivity contribution < 1.29 is 14.1 Å². The molecule has 0 N–H and O–H groups in total. The number of anilines is 1. The maximum Gasteiger partial charge on any atom is 0.292 e. The molecule has 0 spiro atoms. The van der Waals surface area contributed by atoms with E-state index < -0.39 is 0 Å². The Balaban J connectivity index is 1.44. The summed E-state index contributed by atoms with van der Waals surface area (Å²) < 4.78 is 5.47. The van der Waals surface area contributed by atoms with E-state index in [-0.39, 0.29) is 22.4 Å². The molecule has 0 bridgehead atoms. The molecule has 4 rings (SSSR count). The summed E-state index contributed by atoms with van der Waals surface area (Å²) in [6.45, 7) is 2.24. The second-order valence-electron chi connectivity index (χ2n) is 7.36. The summed E-state index contributed by atoms with van der Waals surface area (Å²) in [7, 11) is 0. The Morgan fingerprint density at radius 1 is 1.13 bits per heavy atom. The molecule has 1 aliphatic rings. The second-order valence-corrected chi connectivity index (χ2v) is 8.39. The van der Waals surface area contributed by atoms with E-state index in [2.05, 4.69) is 0 Å². The maximum absolute atomic E-state index is 13.3. The number of carbonyl (C=O) groups excluding carboxylic acids is 1. The van der Waals surface area contributed by atoms with Gasteiger partial charge in [-0.25, -0.2) is 0 Å². The number of nitro groups is 1. The third kappa shape index (κ3) is 4.54. The number of para-hydroxylation sites is 2. The van der Waals surface area contributed by atoms with E-state index in [0.29, 0.717) is 44.7 Å². The van der Waals surface area contributed by atoms with Crippen LogP contribution in [0.1, 0.15) is 23.5 Å². The van der Waals surface area contributed by atoms with Crippen molar-refractivity contribution in [1.82, 2.24) is 4.90 Å². The van der Waals surface area contributed by atoms with E-state index in [0.717, 1.165) is 10.6 Å². The van der Waals surface area contributed by atoms with Gasteiger partial charge in [-0.3, -0.25) is 14.9 Å². The molecule has 8 heteroatoms. The fourth-order valence-corrected chi connectivity index (χ4v) is 4.62. The molecule has 1 aliphatic heterocycles. The molecule has 1 aromatic carbocycles. The fraction of sp³-hybridized carbons (Fsp3) is 0.318. The number of thiophene rings is 1. The minimum Gasteiger partial charge on any atom is -0.467 e. The fourth-order valence-electron chi connectivity index (χ4n) is 3.90. The predicted octanol–water partition coefficient (Wildman–Crippen LogP) is 4.69. The molecule has 30 heavy (non-hydrogen) atoms. The molecule has 0 aliphatic carbocycles. The number of piperidine rings is 1. The number of benzene rings is 1. The van der Waals surface area contributed by atoms with Crippen LogP contribution in [0.5, 0.6) is 0 Å². The number of nitrogens with zero attached hydrogens (tertiary/aromatic N) is 3. The van der Waals surface area contributed by atoms with Gasteiger partial charge >= 0.3 is 0 Å². The van der Waals surface area contributed by atoms with Gasteiger partial charge in [0.2, 0.25) is 5.91 Å². The number of hydrogen-bond acceptors (Lipinski definition) is 6. The summed E-state index contributed by atoms with van der Waals surface area (Å²) in [5, 5.41) is 13.3. The van der Waals surface area contributed by atoms with Gasteiger partial charge in [0, 0.05) is 30.0 Å². The molecule has 7 nitrogen and oxygen atoms in total. The third-order valence-electron chi connectivity index (χ3n) is 5.43. The lowest BCUT2D eigenvalue weighted by molar-refractivity contribution is -0.384. The molecular formula is C22H23N3O4S. The zero-order valence-electron chi connectivity index (χ0n) is 16.5. The van der Waals surface area contributed by atoms with E-state index in [1.54, 1.807) is 29.7 Å². The smallest absolute Gasteiger partial charge is 0.292 e. The first-order valence-corrected chi connectivity index (χ1v) is 10.8. The van der Waals surface area contributed by atoms with Crippen LogP contribution in [0, 0.1) is 16.0 Å². The van der Waals surface area contributed by atoms with Crippen molar-refractivity contribution in [2.45, 2.75) is 25.9 Å². The average molecular weight is 426 g/mol. The number of nitro benzene ring substituents is 1. The molecule has 0 radical (unpaired) electrons. The Morgan fingerprint density at radius 2 is 1.93 bits per heavy atom. The molecule has 3 aromatic rings. The molecule has 0 unspecified atom stereocenters. The van der Waals surface area contributed by atoms with Crippen LogP contribution in [0.3, 0.4) is 0 Å². The molecule has 3 heterocycles. The van der Waals surface area contributed by atoms with Gasteiger partial charge in [-0.05, 0) is 42.5 Å². The summed E-state index contributed by atoms with van der Waals surface area (Å²) in [4.78, 5) is 29.3. The zero-order chi connectivity index (χ0) is 20.9. The van der Waals surface area contributed by atoms with Gasteiger partial charge in [0.05, 0.1) is 24.3 Å². The topological polar surface area (TPSA) is 79.8 Å². The van der Waals surface area contributed by atoms with Crippen molar-refractivity contribution in [3.63, 3.8) is 0 Å². The van der Waals surface area contributed by atoms with Crippen molar-refractivity contribution in [1.29, 1.82) is 0 Å². The van der Waals surface area contributed by atoms with Gasteiger partial charge in [-0.1, -0.05) is 18.2 Å². The molecule has 0 atom stereocenters. The van der Waals surface area contributed by atoms with E-state index in [4.69, 9.17) is 4.42 Å². The highest BCUT2D eigenvalue weighted by Gasteiger charge is 2.31. The van der Waals surface area contributed by atoms with Gasteiger partial charge in [-0.2, -0.15) is 0 Å². The first kappa shape index (κ1) is 20.2. The van der Waals surface area contributed by atoms with Crippen LogP contribution < -0.4 is 4.90 Å². The largest absolute Gasteiger partial charge is 0.467 e. The molecule has 2 aromatic heterocycles. The van der Waals surface area contributed by atoms with Crippen molar-refractivity contribution in [2.75, 3.05) is 18.0 Å². The summed E-state index contributed by atoms with van der Waals surface area (Å²) in [6.07, 6.45) is 2.96. The van der Waals surface area contributed by atoms with Crippen molar-refractivity contribution >= 4 is 28.6 Å². The molecule has 156 valence electrons. The van der Waals surface area contributed by atoms with Gasteiger partial charge in [0.1, 0.15) is 11.4 Å². The van der Waals surface area contributed by atoms with Gasteiger partial charge in [0.25, 0.3) is 5.69 Å². The summed E-state index contributed by atoms with van der Waals surface area (Å²) in [5.41, 5.74) is 0.735. The van der Waals surface area contributed by atoms with Crippen LogP contribution in [0.15, 0.2) is 64.6 Å². The Kier molecular flexibility index (Phi) is 6.13. The van der Waals surface area contributed by atoms with E-state index >= 15 is 0 Å². The predicted molar refractivity (Wildman–Crippen MR) is 115 cm³/mol. The number of carbonyl (C=O) groups is 1. The standard InChI is InChI=1S/C22H23N3O4S/c26-22(24(15-18-5-3-13-29-18)16-19-6-4-14-30-19)17-9-11-23(12-10-17)20-7-1-2-8-21(20)25(27)28/h1-8,13-14,17H,9-12,15-16H2. The average Bonchev–Trinajstić information content (AvgIpc) is 3.47. The maximum atomic E-state index is 13.3. The van der Waals surface area contributed by atoms with E-state index in [1.807, 2.05) is 45.5 Å². The normalized spacial score (nSPS) is 14.6. The highest BCUT2D eigenvalue weighted by molar-refractivity contribution is 7.09. The quantitative estimate of drug-likeness (QED) is 0.405. The van der Waals surface area contributed by atoms with Crippen LogP contribution in [0.4, 0.5) is 11.4 Å². The lowest BCUT2D eigenvalue weighted by Crippen LogP contribution is -2.42. The van der Waals surface area contributed by atoms with E-state index in [9.17, 15) is 14.9 Å². The number of amides is 1. The second kappa shape index (κ2) is 9.13. The summed E-state index contributed by atoms with van der Waals surface area (Å²) >= 11 is 1.63. The van der Waals surface area contributed by atoms with Crippen LogP contribution in [-0.4, -0.2) is 28.8 Å². The highest BCUT2D eigenvalue weighted by Crippen LogP contribution is 2.32. The van der Waals surface area contributed by atoms with Crippen molar-refractivity contribution in [3.05, 3.63) is 80.9 Å². The molecule has 1 amide bonds. The Bertz CT molecular complexity index is 944. The van der Waals surface area contributed by atoms with Crippen molar-refractivity contribution in [3.8, 4) is 0 Å². The minimum atomic E-state index is -0.349. The van der Waals surface area contributed by atoms with Crippen LogP contribution in [0.2, 0.25) is 0 Å². The van der Waals surface area contributed by atoms with Crippen LogP contribution >= 0.6 is 11.3 Å². The SMILES string of the molecule is O=C(C1CCN(c2ccccc2[N+](=O)[O-])CC1)N(Cc1ccco1)Cc1cccs1. The lowest BCUT2D eigenvalue weighted by Gasteiger charge is -2.35. The van der Waals surface area contributed by atoms with Crippen LogP contribution in [0.25, 0.3) is 0 Å². The molecule has 1 fully saturated rings. The van der Waals surface area contributed by atoms with Gasteiger partial charge < -0.3 is 14.2 Å². The van der Waals surface area contributed by atoms with Crippen LogP contribution in [-0.2, 0) is 17.9 Å². The molecule has 1 saturated heterocycles. The highest BCUT2D eigenvalue weighted by atomic mass is 32.1. The minimum absolute atomic E-state index is 0.0982. The van der Waals surface area contributed by atoms with Gasteiger partial charge in [-0.15, -0.1) is 11.3 Å². The summed E-state index contributed by atoms with van der Waals surface area (Å²) in [5.74, 6) is 0.776. The molecular weight excluding hydrogens is 402 g/mol. The van der Waals surface area contributed by atoms with Crippen molar-refractivity contribution in [2.24, 2.45) is 5.92 Å². The lowest BCUT2D eigenvalue weighted by atomic mass is 9.94. The Labute approximate surface area is 178 Å². The monoisotopic (exact) mass is 425 g/mol. The Hall–Kier alpha value is -3.13. The number of furan rings is 1. The van der Waals surface area contributed by atoms with E-state index in [1.165, 1.54) is 6.07 Å². The first-order valence-electron chi connectivity index (χ1n) is 9.93. The zero-order valence-corrected chi connectivity index (χ0v) is 17.3. The first-order chi connectivity index (χ1) is 14.6. The number of hydrogen-bond donors (Lipinski definition) is 0. The number of rotatable bonds is 7. The Morgan fingerprint density at radius 3 is 2.60 bits per heavy atom.